The van der Waals surface area contributed by atoms with E-state index in [0.29, 0.717) is 12.0 Å². The first-order chi connectivity index (χ1) is 21.0. The Morgan fingerprint density at radius 2 is 1.70 bits per heavy atom. The van der Waals surface area contributed by atoms with Gasteiger partial charge in [0.25, 0.3) is 5.91 Å². The summed E-state index contributed by atoms with van der Waals surface area (Å²) in [5, 5.41) is 6.48. The van der Waals surface area contributed by atoms with Crippen LogP contribution in [-0.4, -0.2) is 55.0 Å². The zero-order valence-electron chi connectivity index (χ0n) is 23.9. The summed E-state index contributed by atoms with van der Waals surface area (Å²) in [6, 6.07) is 24.6. The van der Waals surface area contributed by atoms with Crippen LogP contribution >= 0.6 is 0 Å². The normalized spacial score (nSPS) is 21.5. The van der Waals surface area contributed by atoms with E-state index in [2.05, 4.69) is 45.9 Å². The molecule has 0 saturated carbocycles. The van der Waals surface area contributed by atoms with Crippen LogP contribution in [0, 0.1) is 5.82 Å². The fourth-order valence-corrected chi connectivity index (χ4v) is 6.02. The lowest BCUT2D eigenvalue weighted by Crippen LogP contribution is -2.40. The van der Waals surface area contributed by atoms with Crippen molar-refractivity contribution in [3.05, 3.63) is 119 Å². The second kappa shape index (κ2) is 13.7. The van der Waals surface area contributed by atoms with Crippen molar-refractivity contribution in [2.45, 2.75) is 37.6 Å². The van der Waals surface area contributed by atoms with Gasteiger partial charge in [-0.1, -0.05) is 67.6 Å². The first-order valence-corrected chi connectivity index (χ1v) is 14.4. The first-order valence-electron chi connectivity index (χ1n) is 14.4. The van der Waals surface area contributed by atoms with Gasteiger partial charge in [-0.3, -0.25) is 9.69 Å². The van der Waals surface area contributed by atoms with Gasteiger partial charge < -0.3 is 20.1 Å². The second-order valence-corrected chi connectivity index (χ2v) is 10.5. The summed E-state index contributed by atoms with van der Waals surface area (Å²) >= 11 is 0. The van der Waals surface area contributed by atoms with Crippen LogP contribution < -0.4 is 10.6 Å². The summed E-state index contributed by atoms with van der Waals surface area (Å²) in [7, 11) is 0. The number of anilines is 2. The molecule has 3 aliphatic rings. The molecule has 3 aromatic rings. The van der Waals surface area contributed by atoms with Gasteiger partial charge in [0.2, 0.25) is 0 Å². The quantitative estimate of drug-likeness (QED) is 0.331. The SMILES string of the molecule is CCC1=C(C(=O)Nc2ccccc2F)C2C=CC1(C(Nc1ccccc1)c1ccc(CN3CCOCC3)cc1)O2.O=C=O. The molecular weight excluding hydrogens is 549 g/mol. The van der Waals surface area contributed by atoms with Gasteiger partial charge in [-0.15, -0.1) is 0 Å². The summed E-state index contributed by atoms with van der Waals surface area (Å²) in [5.41, 5.74) is 4.01. The van der Waals surface area contributed by atoms with Crippen LogP contribution in [0.5, 0.6) is 0 Å². The van der Waals surface area contributed by atoms with Crippen molar-refractivity contribution in [1.82, 2.24) is 4.90 Å². The van der Waals surface area contributed by atoms with Crippen LogP contribution in [0.15, 0.2) is 102 Å². The molecule has 0 radical (unpaired) electrons. The molecule has 0 spiro atoms. The lowest BCUT2D eigenvalue weighted by atomic mass is 9.77. The molecule has 0 aliphatic carbocycles. The number of hydrogen-bond donors (Lipinski definition) is 2. The Labute approximate surface area is 250 Å². The van der Waals surface area contributed by atoms with Crippen molar-refractivity contribution in [2.75, 3.05) is 36.9 Å². The number of halogens is 1. The Bertz CT molecular complexity index is 1510. The molecule has 1 fully saturated rings. The lowest BCUT2D eigenvalue weighted by Gasteiger charge is -2.37. The summed E-state index contributed by atoms with van der Waals surface area (Å²) in [6.07, 6.45) is 4.39. The molecule has 3 atom stereocenters. The van der Waals surface area contributed by atoms with Crippen LogP contribution in [0.3, 0.4) is 0 Å². The van der Waals surface area contributed by atoms with Gasteiger partial charge in [0, 0.05) is 25.3 Å². The van der Waals surface area contributed by atoms with E-state index in [1.165, 1.54) is 11.6 Å². The maximum Gasteiger partial charge on any atom is 0.373 e. The molecule has 43 heavy (non-hydrogen) atoms. The highest BCUT2D eigenvalue weighted by molar-refractivity contribution is 6.06. The Balaban J connectivity index is 0.00000118. The number of ether oxygens (including phenoxy) is 2. The Morgan fingerprint density at radius 3 is 2.37 bits per heavy atom. The van der Waals surface area contributed by atoms with Crippen LogP contribution in [0.25, 0.3) is 0 Å². The van der Waals surface area contributed by atoms with Crippen LogP contribution in [0.2, 0.25) is 0 Å². The van der Waals surface area contributed by atoms with Crippen molar-refractivity contribution < 1.29 is 28.2 Å². The largest absolute Gasteiger partial charge is 0.379 e. The highest BCUT2D eigenvalue weighted by atomic mass is 19.1. The molecule has 3 aliphatic heterocycles. The van der Waals surface area contributed by atoms with E-state index in [-0.39, 0.29) is 23.8 Å². The molecule has 3 unspecified atom stereocenters. The minimum absolute atomic E-state index is 0.158. The maximum atomic E-state index is 14.4. The Kier molecular flexibility index (Phi) is 9.59. The topological polar surface area (TPSA) is 97.0 Å². The van der Waals surface area contributed by atoms with Crippen LogP contribution in [0.4, 0.5) is 15.8 Å². The number of nitrogens with one attached hydrogen (secondary N) is 2. The van der Waals surface area contributed by atoms with Crippen molar-refractivity contribution in [3.8, 4) is 0 Å². The average Bonchev–Trinajstić information content (AvgIpc) is 3.61. The number of para-hydroxylation sites is 2. The molecule has 8 nitrogen and oxygen atoms in total. The van der Waals surface area contributed by atoms with E-state index >= 15 is 0 Å². The molecule has 9 heteroatoms. The molecule has 222 valence electrons. The number of carbonyl (C=O) groups is 1. The zero-order valence-corrected chi connectivity index (χ0v) is 23.9. The maximum absolute atomic E-state index is 14.4. The molecule has 2 bridgehead atoms. The Morgan fingerprint density at radius 1 is 1.02 bits per heavy atom. The number of benzene rings is 3. The Hall–Kier alpha value is -4.40. The van der Waals surface area contributed by atoms with E-state index in [1.54, 1.807) is 18.2 Å². The molecule has 3 heterocycles. The molecular formula is C34H34FN3O5. The summed E-state index contributed by atoms with van der Waals surface area (Å²) < 4.78 is 26.5. The predicted octanol–water partition coefficient (Wildman–Crippen LogP) is 5.28. The van der Waals surface area contributed by atoms with Crippen molar-refractivity contribution in [1.29, 1.82) is 0 Å². The third-order valence-corrected chi connectivity index (χ3v) is 7.98. The van der Waals surface area contributed by atoms with Gasteiger partial charge in [-0.2, -0.15) is 9.59 Å². The van der Waals surface area contributed by atoms with Gasteiger partial charge in [0.1, 0.15) is 17.5 Å². The van der Waals surface area contributed by atoms with E-state index in [1.807, 2.05) is 43.3 Å². The lowest BCUT2D eigenvalue weighted by molar-refractivity contribution is -0.191. The van der Waals surface area contributed by atoms with Gasteiger partial charge in [0.15, 0.2) is 0 Å². The zero-order chi connectivity index (χ0) is 30.2. The van der Waals surface area contributed by atoms with E-state index < -0.39 is 17.5 Å². The van der Waals surface area contributed by atoms with Gasteiger partial charge in [0.05, 0.1) is 30.5 Å². The van der Waals surface area contributed by atoms with Crippen LogP contribution in [-0.2, 0) is 30.4 Å². The number of amides is 1. The average molecular weight is 584 g/mol. The summed E-state index contributed by atoms with van der Waals surface area (Å²) in [5.74, 6) is -0.804. The van der Waals surface area contributed by atoms with Crippen molar-refractivity contribution >= 4 is 23.4 Å². The van der Waals surface area contributed by atoms with E-state index in [9.17, 15) is 9.18 Å². The van der Waals surface area contributed by atoms with Crippen molar-refractivity contribution in [2.24, 2.45) is 0 Å². The molecule has 1 saturated heterocycles. The molecule has 6 rings (SSSR count). The number of carbonyl (C=O) groups excluding carboxylic acids is 3. The monoisotopic (exact) mass is 583 g/mol. The van der Waals surface area contributed by atoms with Gasteiger partial charge in [-0.25, -0.2) is 4.39 Å². The molecule has 2 N–H and O–H groups in total. The molecule has 1 amide bonds. The number of hydrogen-bond acceptors (Lipinski definition) is 7. The highest BCUT2D eigenvalue weighted by Gasteiger charge is 2.54. The minimum Gasteiger partial charge on any atom is -0.379 e. The number of fused-ring (bicyclic) bond motifs is 2. The minimum atomic E-state index is -0.858. The highest BCUT2D eigenvalue weighted by Crippen LogP contribution is 2.52. The fraction of sp³-hybridized carbons (Fsp3) is 0.294. The van der Waals surface area contributed by atoms with Crippen LogP contribution in [0.1, 0.15) is 30.5 Å². The fourth-order valence-electron chi connectivity index (χ4n) is 6.02. The predicted molar refractivity (Wildman–Crippen MR) is 159 cm³/mol. The summed E-state index contributed by atoms with van der Waals surface area (Å²) in [6.45, 7) is 6.33. The van der Waals surface area contributed by atoms with Gasteiger partial charge in [-0.05, 0) is 53.5 Å². The summed E-state index contributed by atoms with van der Waals surface area (Å²) in [4.78, 5) is 32.2. The standard InChI is InChI=1S/C33H34FN3O3.CO2/c1-2-26-30(32(38)36-28-11-7-6-10-27(28)34)29-16-17-33(26,40-29)31(35-25-8-4-3-5-9-25)24-14-12-23(13-15-24)22-37-18-20-39-21-19-37;2-1-3/h3-17,29,31,35H,2,18-22H2,1H3,(H,36,38);. The van der Waals surface area contributed by atoms with E-state index in [4.69, 9.17) is 19.1 Å². The third-order valence-electron chi connectivity index (χ3n) is 7.98. The van der Waals surface area contributed by atoms with Gasteiger partial charge >= 0.3 is 6.15 Å². The third kappa shape index (κ3) is 6.50. The number of rotatable bonds is 9. The number of morpholine rings is 1. The van der Waals surface area contributed by atoms with E-state index in [0.717, 1.165) is 49.7 Å². The molecule has 0 aromatic heterocycles. The second-order valence-electron chi connectivity index (χ2n) is 10.5. The molecule has 3 aromatic carbocycles. The number of nitrogens with zero attached hydrogens (tertiary/aromatic N) is 1. The van der Waals surface area contributed by atoms with Crippen molar-refractivity contribution in [3.63, 3.8) is 0 Å². The first kappa shape index (κ1) is 30.1. The smallest absolute Gasteiger partial charge is 0.373 e.